The number of carboxylic acids is 1. The van der Waals surface area contributed by atoms with Crippen LogP contribution in [0.5, 0.6) is 0 Å². The molecule has 2 aromatic heterocycles. The lowest BCUT2D eigenvalue weighted by Gasteiger charge is -2.19. The molecule has 12 nitrogen and oxygen atoms in total. The highest BCUT2D eigenvalue weighted by atomic mass is 32.2. The summed E-state index contributed by atoms with van der Waals surface area (Å²) >= 11 is 0. The summed E-state index contributed by atoms with van der Waals surface area (Å²) in [6.45, 7) is 1.07. The number of rotatable bonds is 5. The molecule has 4 N–H and O–H groups in total. The summed E-state index contributed by atoms with van der Waals surface area (Å²) in [6, 6.07) is 1.14. The lowest BCUT2D eigenvalue weighted by Crippen LogP contribution is -2.26. The number of nitrogens with two attached hydrogens (primary N) is 1. The minimum absolute atomic E-state index is 0.0339. The van der Waals surface area contributed by atoms with Crippen LogP contribution in [-0.4, -0.2) is 72.3 Å². The fraction of sp³-hybridized carbons (Fsp3) is 0.474. The van der Waals surface area contributed by atoms with Gasteiger partial charge in [-0.1, -0.05) is 5.16 Å². The second-order valence-corrected chi connectivity index (χ2v) is 9.26. The average Bonchev–Trinajstić information content (AvgIpc) is 3.47. The molecular formula is C19H24FN5O7S. The maximum absolute atomic E-state index is 14.9. The van der Waals surface area contributed by atoms with E-state index in [2.05, 4.69) is 10.1 Å². The molecule has 33 heavy (non-hydrogen) atoms. The van der Waals surface area contributed by atoms with Crippen LogP contribution < -0.4 is 16.1 Å². The van der Waals surface area contributed by atoms with Gasteiger partial charge in [-0.15, -0.1) is 0 Å². The first-order valence-corrected chi connectivity index (χ1v) is 11.8. The van der Waals surface area contributed by atoms with E-state index in [0.29, 0.717) is 31.6 Å². The molecule has 2 fully saturated rings. The van der Waals surface area contributed by atoms with Crippen molar-refractivity contribution in [2.45, 2.75) is 18.9 Å². The second-order valence-electron chi connectivity index (χ2n) is 7.79. The van der Waals surface area contributed by atoms with Gasteiger partial charge < -0.3 is 25.1 Å². The number of carbonyl (C=O) groups is 1. The predicted molar refractivity (Wildman–Crippen MR) is 118 cm³/mol. The van der Waals surface area contributed by atoms with Crippen molar-refractivity contribution < 1.29 is 32.1 Å². The van der Waals surface area contributed by atoms with Crippen LogP contribution in [0.1, 0.15) is 29.2 Å². The van der Waals surface area contributed by atoms with Gasteiger partial charge in [0.25, 0.3) is 10.1 Å². The van der Waals surface area contributed by atoms with Crippen LogP contribution in [0.15, 0.2) is 22.2 Å². The van der Waals surface area contributed by atoms with Crippen molar-refractivity contribution in [1.82, 2.24) is 9.55 Å². The molecule has 0 radical (unpaired) electrons. The van der Waals surface area contributed by atoms with Gasteiger partial charge in [0.1, 0.15) is 18.3 Å². The van der Waals surface area contributed by atoms with Gasteiger partial charge in [0.05, 0.1) is 23.9 Å². The van der Waals surface area contributed by atoms with Gasteiger partial charge in [0.2, 0.25) is 5.43 Å². The third-order valence-corrected chi connectivity index (χ3v) is 5.17. The van der Waals surface area contributed by atoms with Crippen LogP contribution in [0.4, 0.5) is 10.2 Å². The molecule has 2 aromatic rings. The highest BCUT2D eigenvalue weighted by Crippen LogP contribution is 2.37. The van der Waals surface area contributed by atoms with Crippen molar-refractivity contribution in [3.63, 3.8) is 0 Å². The average molecular weight is 485 g/mol. The molecule has 0 amide bonds. The summed E-state index contributed by atoms with van der Waals surface area (Å²) in [5, 5.41) is 13.2. The molecular weight excluding hydrogens is 461 g/mol. The zero-order valence-electron chi connectivity index (χ0n) is 17.9. The van der Waals surface area contributed by atoms with E-state index in [1.165, 1.54) is 13.3 Å². The lowest BCUT2D eigenvalue weighted by atomic mass is 10.1. The first-order valence-electron chi connectivity index (χ1n) is 9.90. The van der Waals surface area contributed by atoms with Crippen LogP contribution in [0, 0.1) is 11.7 Å². The van der Waals surface area contributed by atoms with Crippen molar-refractivity contribution in [3.8, 4) is 0 Å². The minimum atomic E-state index is -3.67. The molecule has 1 saturated carbocycles. The molecule has 0 spiro atoms. The Balaban J connectivity index is 0.000000555. The van der Waals surface area contributed by atoms with E-state index >= 15 is 0 Å². The van der Waals surface area contributed by atoms with E-state index in [-0.39, 0.29) is 34.4 Å². The summed E-state index contributed by atoms with van der Waals surface area (Å²) in [5.41, 5.74) is 5.65. The van der Waals surface area contributed by atoms with Crippen LogP contribution in [0.2, 0.25) is 0 Å². The monoisotopic (exact) mass is 485 g/mol. The van der Waals surface area contributed by atoms with E-state index in [1.54, 1.807) is 9.47 Å². The SMILES string of the molecule is CON=C1CN(c2nc3c(cc2F)c(=O)c(C(=O)O)cn3C2CC2)CC1CN.CS(=O)(=O)O. The van der Waals surface area contributed by atoms with Gasteiger partial charge in [-0.25, -0.2) is 14.2 Å². The highest BCUT2D eigenvalue weighted by molar-refractivity contribution is 7.85. The number of nitrogens with zero attached hydrogens (tertiary/aromatic N) is 4. The molecule has 14 heteroatoms. The Kier molecular flexibility index (Phi) is 7.00. The molecule has 1 unspecified atom stereocenters. The molecule has 1 saturated heterocycles. The summed E-state index contributed by atoms with van der Waals surface area (Å²) in [4.78, 5) is 34.9. The van der Waals surface area contributed by atoms with Crippen LogP contribution in [-0.2, 0) is 15.0 Å². The summed E-state index contributed by atoms with van der Waals surface area (Å²) in [7, 11) is -2.23. The standard InChI is InChI=1S/C18H20FN5O4.CH4O3S/c1-28-22-14-8-23(6-9(14)5-20)17-13(19)4-11-15(25)12(18(26)27)7-24(10-2-3-10)16(11)21-17;1-5(2,3)4/h4,7,9-10H,2-3,5-6,8,20H2,1H3,(H,26,27);1H3,(H,2,3,4). The number of oxime groups is 1. The summed E-state index contributed by atoms with van der Waals surface area (Å²) in [6.07, 6.45) is 3.74. The molecule has 1 atom stereocenters. The van der Waals surface area contributed by atoms with Crippen LogP contribution >= 0.6 is 0 Å². The third kappa shape index (κ3) is 5.64. The smallest absolute Gasteiger partial charge is 0.341 e. The van der Waals surface area contributed by atoms with Gasteiger partial charge in [0.15, 0.2) is 11.6 Å². The van der Waals surface area contributed by atoms with Crippen LogP contribution in [0.25, 0.3) is 11.0 Å². The number of fused-ring (bicyclic) bond motifs is 1. The number of anilines is 1. The quantitative estimate of drug-likeness (QED) is 0.398. The molecule has 1 aliphatic carbocycles. The topological polar surface area (TPSA) is 177 Å². The Morgan fingerprint density at radius 1 is 1.42 bits per heavy atom. The van der Waals surface area contributed by atoms with E-state index in [0.717, 1.165) is 18.9 Å². The number of hydrogen-bond donors (Lipinski definition) is 3. The largest absolute Gasteiger partial charge is 0.477 e. The summed E-state index contributed by atoms with van der Waals surface area (Å²) in [5.74, 6) is -2.03. The van der Waals surface area contributed by atoms with E-state index in [9.17, 15) is 27.5 Å². The van der Waals surface area contributed by atoms with Crippen molar-refractivity contribution >= 4 is 38.7 Å². The number of pyridine rings is 2. The Hall–Kier alpha value is -3.10. The normalized spacial score (nSPS) is 19.5. The van der Waals surface area contributed by atoms with Crippen LogP contribution in [0.3, 0.4) is 0 Å². The second kappa shape index (κ2) is 9.41. The highest BCUT2D eigenvalue weighted by Gasteiger charge is 2.33. The number of aromatic nitrogens is 2. The van der Waals surface area contributed by atoms with E-state index in [1.807, 2.05) is 0 Å². The molecule has 3 heterocycles. The molecule has 2 aliphatic rings. The summed E-state index contributed by atoms with van der Waals surface area (Å²) < 4.78 is 42.4. The number of hydrogen-bond acceptors (Lipinski definition) is 9. The number of carboxylic acid groups (broad SMARTS) is 1. The van der Waals surface area contributed by atoms with Gasteiger partial charge in [-0.2, -0.15) is 8.42 Å². The van der Waals surface area contributed by atoms with Crippen molar-refractivity contribution in [2.24, 2.45) is 16.8 Å². The zero-order valence-corrected chi connectivity index (χ0v) is 18.7. The fourth-order valence-corrected chi connectivity index (χ4v) is 3.60. The zero-order chi connectivity index (χ0) is 24.5. The Morgan fingerprint density at radius 2 is 2.06 bits per heavy atom. The number of aromatic carboxylic acids is 1. The first-order chi connectivity index (χ1) is 15.4. The van der Waals surface area contributed by atoms with Gasteiger partial charge >= 0.3 is 5.97 Å². The maximum atomic E-state index is 14.9. The third-order valence-electron chi connectivity index (χ3n) is 5.17. The van der Waals surface area contributed by atoms with Gasteiger partial charge in [0, 0.05) is 31.2 Å². The first kappa shape index (κ1) is 24.5. The molecule has 0 bridgehead atoms. The van der Waals surface area contributed by atoms with Crippen molar-refractivity contribution in [3.05, 3.63) is 33.9 Å². The fourth-order valence-electron chi connectivity index (χ4n) is 3.60. The molecule has 4 rings (SSSR count). The lowest BCUT2D eigenvalue weighted by molar-refractivity contribution is 0.0694. The van der Waals surface area contributed by atoms with Gasteiger partial charge in [-0.3, -0.25) is 9.35 Å². The Bertz CT molecular complexity index is 1270. The Labute approximate surface area is 188 Å². The molecule has 1 aliphatic heterocycles. The van der Waals surface area contributed by atoms with E-state index in [4.69, 9.17) is 15.1 Å². The maximum Gasteiger partial charge on any atom is 0.341 e. The molecule has 0 aromatic carbocycles. The molecule has 180 valence electrons. The van der Waals surface area contributed by atoms with E-state index < -0.39 is 27.3 Å². The minimum Gasteiger partial charge on any atom is -0.477 e. The predicted octanol–water partition coefficient (Wildman–Crippen LogP) is 0.470. The Morgan fingerprint density at radius 3 is 2.58 bits per heavy atom. The number of halogens is 1. The van der Waals surface area contributed by atoms with Crippen molar-refractivity contribution in [2.75, 3.05) is 37.9 Å². The van der Waals surface area contributed by atoms with Gasteiger partial charge in [-0.05, 0) is 18.9 Å². The van der Waals surface area contributed by atoms with Crippen molar-refractivity contribution in [1.29, 1.82) is 0 Å².